The summed E-state index contributed by atoms with van der Waals surface area (Å²) in [6, 6.07) is -4.44. The number of carboxylic acids is 2. The monoisotopic (exact) mass is 1120 g/mol. The van der Waals surface area contributed by atoms with Gasteiger partial charge in [0.25, 0.3) is 0 Å². The van der Waals surface area contributed by atoms with E-state index in [9.17, 15) is 68.1 Å². The molecule has 10 atom stereocenters. The van der Waals surface area contributed by atoms with Gasteiger partial charge < -0.3 is 83.5 Å². The molecule has 2 aromatic rings. The Morgan fingerprint density at radius 2 is 1.14 bits per heavy atom. The number of carbonyl (C=O) groups is 11. The zero-order valence-corrected chi connectivity index (χ0v) is 45.1. The molecule has 5 rings (SSSR count). The molecule has 28 nitrogen and oxygen atoms in total. The number of likely N-dealkylation sites (tertiary alicyclic amines) is 3. The molecular weight excluding hydrogens is 1050 g/mol. The van der Waals surface area contributed by atoms with Gasteiger partial charge in [0.1, 0.15) is 60.4 Å². The SMILES string of the molecule is CC(C)[C@H](NC(=O)[C@H](Cc1cnc[nH]1)NC(=O)[C@@H]1CCCN1C(=O)[C@@H](N)CO)C(=O)N1CCC[C@H]1C(=O)N[C@@H](CCCCN)C(=O)N[C@@H](Cc1ccccc1)C(=O)N[C@@H](CO)C(=O)N1CCC[C@H]1C(=O)N[C@@H](CCC(=O)O)C(=O)O. The van der Waals surface area contributed by atoms with Gasteiger partial charge in [-0.3, -0.25) is 47.9 Å². The first-order valence-electron chi connectivity index (χ1n) is 27.1. The van der Waals surface area contributed by atoms with Crippen molar-refractivity contribution in [2.75, 3.05) is 39.4 Å². The van der Waals surface area contributed by atoms with Crippen molar-refractivity contribution in [1.82, 2.24) is 56.6 Å². The Balaban J connectivity index is 1.30. The van der Waals surface area contributed by atoms with Gasteiger partial charge in [-0.2, -0.15) is 0 Å². The van der Waals surface area contributed by atoms with Crippen molar-refractivity contribution in [3.8, 4) is 0 Å². The summed E-state index contributed by atoms with van der Waals surface area (Å²) in [6.07, 6.45) is 4.22. The number of amides is 9. The summed E-state index contributed by atoms with van der Waals surface area (Å²) in [5.41, 5.74) is 12.6. The van der Waals surface area contributed by atoms with Crippen molar-refractivity contribution in [3.63, 3.8) is 0 Å². The number of nitrogens with one attached hydrogen (secondary N) is 7. The van der Waals surface area contributed by atoms with Crippen molar-refractivity contribution in [3.05, 3.63) is 54.1 Å². The van der Waals surface area contributed by atoms with Crippen LogP contribution in [-0.4, -0.2) is 210 Å². The van der Waals surface area contributed by atoms with Gasteiger partial charge >= 0.3 is 11.9 Å². The number of H-pyrrole nitrogens is 1. The van der Waals surface area contributed by atoms with Gasteiger partial charge in [0, 0.05) is 50.8 Å². The first-order valence-corrected chi connectivity index (χ1v) is 27.1. The largest absolute Gasteiger partial charge is 0.481 e. The molecule has 1 aromatic carbocycles. The third-order valence-electron chi connectivity index (χ3n) is 14.4. The van der Waals surface area contributed by atoms with Crippen LogP contribution >= 0.6 is 0 Å². The number of aromatic amines is 1. The second-order valence-corrected chi connectivity index (χ2v) is 20.6. The molecule has 1 aromatic heterocycles. The molecule has 0 aliphatic carbocycles. The van der Waals surface area contributed by atoms with Crippen LogP contribution in [0.15, 0.2) is 42.9 Å². The molecule has 15 N–H and O–H groups in total. The lowest BCUT2D eigenvalue weighted by atomic mass is 10.0. The number of aromatic nitrogens is 2. The first-order chi connectivity index (χ1) is 38.2. The summed E-state index contributed by atoms with van der Waals surface area (Å²) in [6.45, 7) is 2.39. The standard InChI is InChI=1S/C52H77N13O15/c1-29(2)42(62-45(72)36(24-31-25-55-28-56-31)60-48(75)38-14-8-20-63(38)49(76)32(54)26-66)51(78)65-22-10-16-40(65)46(73)57-33(13-6-7-19-53)43(70)59-35(23-30-11-4-3-5-12-30)44(71)61-37(27-67)50(77)64-21-9-15-39(64)47(74)58-34(52(79)80)17-18-41(68)69/h3-5,11-12,25,28-29,32-40,42,66-67H,6-10,13-24,26-27,53-54H2,1-2H3,(H,55,56)(H,57,73)(H,58,74)(H,59,70)(H,60,75)(H,61,71)(H,62,72)(H,68,69)(H,79,80)/t32-,33-,34-,35-,36-,37-,38-,39-,40-,42-/m0/s1. The van der Waals surface area contributed by atoms with Gasteiger partial charge in [0.2, 0.25) is 53.2 Å². The molecule has 0 unspecified atom stereocenters. The third-order valence-corrected chi connectivity index (χ3v) is 14.4. The Bertz CT molecular complexity index is 2480. The Morgan fingerprint density at radius 3 is 1.65 bits per heavy atom. The van der Waals surface area contributed by atoms with Gasteiger partial charge in [0.05, 0.1) is 19.5 Å². The van der Waals surface area contributed by atoms with Crippen molar-refractivity contribution in [2.24, 2.45) is 17.4 Å². The van der Waals surface area contributed by atoms with Crippen LogP contribution < -0.4 is 43.4 Å². The van der Waals surface area contributed by atoms with Crippen LogP contribution in [0.4, 0.5) is 0 Å². The molecule has 0 bridgehead atoms. The van der Waals surface area contributed by atoms with Gasteiger partial charge in [-0.1, -0.05) is 44.2 Å². The zero-order chi connectivity index (χ0) is 58.6. The Kier molecular flexibility index (Phi) is 24.3. The van der Waals surface area contributed by atoms with Crippen molar-refractivity contribution >= 4 is 65.1 Å². The lowest BCUT2D eigenvalue weighted by molar-refractivity contribution is -0.146. The number of unbranched alkanes of at least 4 members (excludes halogenated alkanes) is 1. The number of hydrogen-bond donors (Lipinski definition) is 13. The van der Waals surface area contributed by atoms with Crippen LogP contribution in [0.2, 0.25) is 0 Å². The number of benzene rings is 1. The van der Waals surface area contributed by atoms with Crippen LogP contribution in [0.3, 0.4) is 0 Å². The molecule has 80 heavy (non-hydrogen) atoms. The molecule has 0 radical (unpaired) electrons. The summed E-state index contributed by atoms with van der Waals surface area (Å²) in [7, 11) is 0. The maximum Gasteiger partial charge on any atom is 0.326 e. The summed E-state index contributed by atoms with van der Waals surface area (Å²) in [5, 5.41) is 54.4. The molecule has 9 amide bonds. The number of hydrogen-bond acceptors (Lipinski definition) is 16. The maximum absolute atomic E-state index is 14.6. The lowest BCUT2D eigenvalue weighted by Gasteiger charge is -2.33. The molecule has 0 spiro atoms. The second kappa shape index (κ2) is 30.7. The number of carbonyl (C=O) groups excluding carboxylic acids is 9. The van der Waals surface area contributed by atoms with Crippen LogP contribution in [0.25, 0.3) is 0 Å². The van der Waals surface area contributed by atoms with Crippen molar-refractivity contribution in [1.29, 1.82) is 0 Å². The summed E-state index contributed by atoms with van der Waals surface area (Å²) in [4.78, 5) is 159. The van der Waals surface area contributed by atoms with Crippen LogP contribution in [0.5, 0.6) is 0 Å². The van der Waals surface area contributed by atoms with Crippen LogP contribution in [-0.2, 0) is 65.6 Å². The Morgan fingerprint density at radius 1 is 0.625 bits per heavy atom. The number of aliphatic carboxylic acids is 2. The molecule has 3 saturated heterocycles. The van der Waals surface area contributed by atoms with E-state index in [1.165, 1.54) is 22.3 Å². The molecule has 440 valence electrons. The van der Waals surface area contributed by atoms with Crippen molar-refractivity contribution in [2.45, 2.75) is 158 Å². The van der Waals surface area contributed by atoms with E-state index in [1.807, 2.05) is 0 Å². The molecule has 3 aliphatic rings. The average molecular weight is 1120 g/mol. The fourth-order valence-electron chi connectivity index (χ4n) is 10.1. The predicted molar refractivity (Wildman–Crippen MR) is 283 cm³/mol. The maximum atomic E-state index is 14.6. The average Bonchev–Trinajstić information content (AvgIpc) is 4.31. The number of nitrogens with two attached hydrogens (primary N) is 2. The van der Waals surface area contributed by atoms with Gasteiger partial charge in [-0.05, 0) is 82.2 Å². The number of aliphatic hydroxyl groups is 2. The van der Waals surface area contributed by atoms with Gasteiger partial charge in [-0.15, -0.1) is 0 Å². The predicted octanol–water partition coefficient (Wildman–Crippen LogP) is -3.88. The van der Waals surface area contributed by atoms with Gasteiger partial charge in [0.15, 0.2) is 0 Å². The second-order valence-electron chi connectivity index (χ2n) is 20.6. The topological polar surface area (TPSA) is 431 Å². The highest BCUT2D eigenvalue weighted by Crippen LogP contribution is 2.23. The van der Waals surface area contributed by atoms with Crippen LogP contribution in [0, 0.1) is 5.92 Å². The van der Waals surface area contributed by atoms with E-state index in [0.29, 0.717) is 43.4 Å². The highest BCUT2D eigenvalue weighted by Gasteiger charge is 2.43. The fraction of sp³-hybridized carbons (Fsp3) is 0.615. The number of aliphatic hydroxyl groups excluding tert-OH is 2. The normalized spacial score (nSPS) is 19.6. The lowest BCUT2D eigenvalue weighted by Crippen LogP contribution is -2.61. The van der Waals surface area contributed by atoms with Crippen LogP contribution in [0.1, 0.15) is 95.7 Å². The molecule has 3 aliphatic heterocycles. The zero-order valence-electron chi connectivity index (χ0n) is 45.1. The highest BCUT2D eigenvalue weighted by molar-refractivity contribution is 5.99. The number of carboxylic acid groups (broad SMARTS) is 2. The van der Waals surface area contributed by atoms with Gasteiger partial charge in [-0.25, -0.2) is 9.78 Å². The molecule has 28 heteroatoms. The minimum Gasteiger partial charge on any atom is -0.481 e. The Hall–Kier alpha value is -7.56. The highest BCUT2D eigenvalue weighted by atomic mass is 16.4. The van der Waals surface area contributed by atoms with E-state index in [4.69, 9.17) is 16.6 Å². The third kappa shape index (κ3) is 17.5. The number of imidazole rings is 1. The summed E-state index contributed by atoms with van der Waals surface area (Å²) >= 11 is 0. The van der Waals surface area contributed by atoms with E-state index in [2.05, 4.69) is 41.9 Å². The summed E-state index contributed by atoms with van der Waals surface area (Å²) < 4.78 is 0. The smallest absolute Gasteiger partial charge is 0.326 e. The molecule has 3 fully saturated rings. The molecular formula is C52H77N13O15. The van der Waals surface area contributed by atoms with E-state index < -0.39 is 157 Å². The number of rotatable bonds is 30. The fourth-order valence-corrected chi connectivity index (χ4v) is 10.1. The summed E-state index contributed by atoms with van der Waals surface area (Å²) in [5.74, 6) is -10.1. The minimum atomic E-state index is -1.64. The quantitative estimate of drug-likeness (QED) is 0.0333. The molecule has 0 saturated carbocycles. The Labute approximate surface area is 462 Å². The van der Waals surface area contributed by atoms with E-state index >= 15 is 0 Å². The van der Waals surface area contributed by atoms with E-state index in [1.54, 1.807) is 44.2 Å². The minimum absolute atomic E-state index is 0.00262. The van der Waals surface area contributed by atoms with E-state index in [0.717, 1.165) is 4.90 Å². The number of nitrogens with zero attached hydrogens (tertiary/aromatic N) is 4. The first kappa shape index (κ1) is 63.3. The van der Waals surface area contributed by atoms with Crippen molar-refractivity contribution < 1.29 is 73.2 Å². The van der Waals surface area contributed by atoms with E-state index in [-0.39, 0.29) is 64.7 Å². The molecule has 4 heterocycles.